The SMILES string of the molecule is CCOc1cc(C2c3cc(c(O)c(O)c3O)C(c3ccc(O)c(OCC)c3)c3cc(c(O)c(O)c3O)C(c3ccc(O)c(OCC)c3)c3cc(c(O)c(O)c3O)C(c3ccc(O)c(OCC)c3)c3cc2c(O)c(O)c3O)ccc1O. The minimum Gasteiger partial charge on any atom is -0.504 e. The summed E-state index contributed by atoms with van der Waals surface area (Å²) in [5.41, 5.74) is -3.17. The number of rotatable bonds is 12. The molecular weight excluding hydrogens is 1040 g/mol. The molecule has 0 amide bonds. The van der Waals surface area contributed by atoms with E-state index in [1.807, 2.05) is 0 Å². The van der Waals surface area contributed by atoms with Crippen LogP contribution in [-0.4, -0.2) is 108 Å². The third-order valence-electron chi connectivity index (χ3n) is 14.2. The number of phenols is 16. The molecule has 0 saturated carbocycles. The van der Waals surface area contributed by atoms with Crippen molar-refractivity contribution in [1.29, 1.82) is 0 Å². The average Bonchev–Trinajstić information content (AvgIpc) is 3.50. The quantitative estimate of drug-likeness (QED) is 0.0506. The fraction of sp³-hybridized carbons (Fsp3) is 0.200. The highest BCUT2D eigenvalue weighted by molar-refractivity contribution is 5.75. The van der Waals surface area contributed by atoms with E-state index in [0.29, 0.717) is 0 Å². The summed E-state index contributed by atoms with van der Waals surface area (Å²) in [5.74, 6) is -22.0. The minimum absolute atomic E-state index is 0.0136. The van der Waals surface area contributed by atoms with Crippen molar-refractivity contribution >= 4 is 0 Å². The molecule has 0 radical (unpaired) electrons. The molecule has 0 heterocycles. The maximum absolute atomic E-state index is 12.3. The molecule has 9 rings (SSSR count). The van der Waals surface area contributed by atoms with Gasteiger partial charge in [-0.2, -0.15) is 0 Å². The van der Waals surface area contributed by atoms with Gasteiger partial charge in [0.15, 0.2) is 92.0 Å². The molecule has 20 heteroatoms. The molecule has 0 atom stereocenters. The summed E-state index contributed by atoms with van der Waals surface area (Å²) >= 11 is 0. The van der Waals surface area contributed by atoms with Crippen LogP contribution in [0.1, 0.15) is 118 Å². The second-order valence-corrected chi connectivity index (χ2v) is 18.8. The first-order valence-corrected chi connectivity index (χ1v) is 25.1. The molecule has 0 unspecified atom stereocenters. The smallest absolute Gasteiger partial charge is 0.200 e. The molecule has 16 N–H and O–H groups in total. The molecule has 20 nitrogen and oxygen atoms in total. The largest absolute Gasteiger partial charge is 0.504 e. The second kappa shape index (κ2) is 21.3. The van der Waals surface area contributed by atoms with Gasteiger partial charge in [0, 0.05) is 68.2 Å². The summed E-state index contributed by atoms with van der Waals surface area (Å²) in [6.45, 7) is 6.56. The molecule has 1 aliphatic carbocycles. The van der Waals surface area contributed by atoms with Crippen LogP contribution < -0.4 is 18.9 Å². The highest BCUT2D eigenvalue weighted by atomic mass is 16.5. The van der Waals surface area contributed by atoms with Crippen LogP contribution in [0.4, 0.5) is 0 Å². The lowest BCUT2D eigenvalue weighted by Crippen LogP contribution is -2.13. The third kappa shape index (κ3) is 9.14. The summed E-state index contributed by atoms with van der Waals surface area (Å²) in [6, 6.07) is 20.0. The Balaban J connectivity index is 1.56. The van der Waals surface area contributed by atoms with E-state index in [1.165, 1.54) is 72.8 Å². The minimum atomic E-state index is -1.70. The van der Waals surface area contributed by atoms with Gasteiger partial charge < -0.3 is 101 Å². The maximum Gasteiger partial charge on any atom is 0.200 e. The van der Waals surface area contributed by atoms with Crippen LogP contribution in [0, 0.1) is 0 Å². The van der Waals surface area contributed by atoms with Gasteiger partial charge in [-0.05, 0) is 123 Å². The molecule has 0 aromatic heterocycles. The summed E-state index contributed by atoms with van der Waals surface area (Å²) in [5, 5.41) is 190. The molecule has 8 aromatic carbocycles. The van der Waals surface area contributed by atoms with Crippen LogP contribution >= 0.6 is 0 Å². The zero-order valence-electron chi connectivity index (χ0n) is 43.2. The van der Waals surface area contributed by atoms with E-state index in [0.717, 1.165) is 24.3 Å². The predicted molar refractivity (Wildman–Crippen MR) is 287 cm³/mol. The number of phenolic OH excluding ortho intramolecular Hbond substituents is 16. The molecule has 416 valence electrons. The van der Waals surface area contributed by atoms with E-state index in [4.69, 9.17) is 18.9 Å². The van der Waals surface area contributed by atoms with Gasteiger partial charge in [0.05, 0.1) is 26.4 Å². The Kier molecular flexibility index (Phi) is 14.5. The number of hydrogen-bond donors (Lipinski definition) is 16. The van der Waals surface area contributed by atoms with E-state index in [1.54, 1.807) is 27.7 Å². The van der Waals surface area contributed by atoms with Crippen molar-refractivity contribution in [3.63, 3.8) is 0 Å². The van der Waals surface area contributed by atoms with Gasteiger partial charge in [-0.3, -0.25) is 0 Å². The molecule has 8 aromatic rings. The highest BCUT2D eigenvalue weighted by Crippen LogP contribution is 2.61. The standard InChI is InChI=1S/C60H56O20/c1-5-77-41-17-25(9-13-37(41)61)45-29-21-31(51(67)57(73)49(29)65)46(26-10-14-38(62)42(18-26)78-6-2)33-23-35(55(71)59(75)53(33)69)48(28-12-16-40(64)44(20-28)80-8-4)36-24-34(54(70)60(76)56(36)72)47(27-11-15-39(63)43(19-27)79-7-3)32-22-30(45)50(66)58(74)52(32)68/h9-24,45-48,61-76H,5-8H2,1-4H3. The molecule has 8 bridgehead atoms. The normalized spacial score (nSPS) is 15.8. The zero-order valence-corrected chi connectivity index (χ0v) is 43.2. The van der Waals surface area contributed by atoms with Crippen molar-refractivity contribution in [2.75, 3.05) is 26.4 Å². The van der Waals surface area contributed by atoms with Gasteiger partial charge >= 0.3 is 0 Å². The van der Waals surface area contributed by atoms with Gasteiger partial charge in [0.1, 0.15) is 0 Å². The monoisotopic (exact) mass is 1100 g/mol. The summed E-state index contributed by atoms with van der Waals surface area (Å²) in [6.07, 6.45) is 0. The van der Waals surface area contributed by atoms with E-state index in [9.17, 15) is 81.7 Å². The molecular formula is C60H56O20. The van der Waals surface area contributed by atoms with Crippen LogP contribution in [0.3, 0.4) is 0 Å². The maximum atomic E-state index is 12.3. The molecule has 0 saturated heterocycles. The summed E-state index contributed by atoms with van der Waals surface area (Å²) in [7, 11) is 0. The fourth-order valence-corrected chi connectivity index (χ4v) is 10.6. The highest BCUT2D eigenvalue weighted by Gasteiger charge is 2.40. The van der Waals surface area contributed by atoms with Crippen molar-refractivity contribution in [3.05, 3.63) is 164 Å². The number of ether oxygens (including phenoxy) is 4. The van der Waals surface area contributed by atoms with Crippen molar-refractivity contribution in [2.45, 2.75) is 51.4 Å². The second-order valence-electron chi connectivity index (χ2n) is 18.8. The van der Waals surface area contributed by atoms with Crippen LogP contribution in [0.25, 0.3) is 0 Å². The van der Waals surface area contributed by atoms with Crippen molar-refractivity contribution in [2.24, 2.45) is 0 Å². The Morgan fingerprint density at radius 1 is 0.237 bits per heavy atom. The van der Waals surface area contributed by atoms with Crippen LogP contribution in [0.15, 0.2) is 97.1 Å². The average molecular weight is 1100 g/mol. The van der Waals surface area contributed by atoms with Crippen molar-refractivity contribution in [1.82, 2.24) is 0 Å². The Bertz CT molecular complexity index is 3140. The predicted octanol–water partition coefficient (Wildman–Crippen LogP) is 9.61. The lowest BCUT2D eigenvalue weighted by molar-refractivity contribution is 0.317. The topological polar surface area (TPSA) is 361 Å². The van der Waals surface area contributed by atoms with Crippen molar-refractivity contribution < 1.29 is 101 Å². The number of aromatic hydroxyl groups is 16. The molecule has 0 spiro atoms. The Morgan fingerprint density at radius 2 is 0.400 bits per heavy atom. The Labute approximate surface area is 455 Å². The van der Waals surface area contributed by atoms with E-state index >= 15 is 0 Å². The van der Waals surface area contributed by atoms with Gasteiger partial charge in [-0.1, -0.05) is 24.3 Å². The summed E-state index contributed by atoms with van der Waals surface area (Å²) < 4.78 is 23.0. The summed E-state index contributed by atoms with van der Waals surface area (Å²) in [4.78, 5) is 0. The Hall–Kier alpha value is -10.2. The molecule has 0 fully saturated rings. The third-order valence-corrected chi connectivity index (χ3v) is 14.2. The van der Waals surface area contributed by atoms with Gasteiger partial charge in [-0.25, -0.2) is 0 Å². The first kappa shape index (κ1) is 54.5. The van der Waals surface area contributed by atoms with Crippen LogP contribution in [0.5, 0.6) is 115 Å². The molecule has 1 aliphatic rings. The van der Waals surface area contributed by atoms with E-state index in [2.05, 4.69) is 0 Å². The first-order valence-electron chi connectivity index (χ1n) is 25.1. The molecule has 80 heavy (non-hydrogen) atoms. The van der Waals surface area contributed by atoms with Crippen molar-refractivity contribution in [3.8, 4) is 115 Å². The number of hydrogen-bond acceptors (Lipinski definition) is 20. The molecule has 0 aliphatic heterocycles. The Morgan fingerprint density at radius 3 is 0.550 bits per heavy atom. The van der Waals surface area contributed by atoms with E-state index in [-0.39, 0.29) is 94.7 Å². The van der Waals surface area contributed by atoms with Gasteiger partial charge in [0.25, 0.3) is 0 Å². The van der Waals surface area contributed by atoms with Gasteiger partial charge in [0.2, 0.25) is 23.0 Å². The lowest BCUT2D eigenvalue weighted by atomic mass is 9.74. The van der Waals surface area contributed by atoms with Crippen LogP contribution in [-0.2, 0) is 0 Å². The number of benzene rings is 8. The number of fused-ring (bicyclic) bond motifs is 8. The first-order chi connectivity index (χ1) is 38.2. The zero-order chi connectivity index (χ0) is 57.8. The van der Waals surface area contributed by atoms with Crippen LogP contribution in [0.2, 0.25) is 0 Å². The fourth-order valence-electron chi connectivity index (χ4n) is 10.6. The van der Waals surface area contributed by atoms with Gasteiger partial charge in [-0.15, -0.1) is 0 Å². The lowest BCUT2D eigenvalue weighted by Gasteiger charge is -2.30. The van der Waals surface area contributed by atoms with E-state index < -0.39 is 137 Å².